The molecule has 4 rings (SSSR count). The summed E-state index contributed by atoms with van der Waals surface area (Å²) in [5.74, 6) is -1.40. The van der Waals surface area contributed by atoms with E-state index < -0.39 is 17.7 Å². The molecule has 25 heavy (non-hydrogen) atoms. The van der Waals surface area contributed by atoms with Crippen molar-refractivity contribution in [3.63, 3.8) is 0 Å². The van der Waals surface area contributed by atoms with Crippen molar-refractivity contribution in [2.24, 2.45) is 4.99 Å². The minimum atomic E-state index is -0.727. The van der Waals surface area contributed by atoms with Crippen LogP contribution in [-0.4, -0.2) is 21.5 Å². The Bertz CT molecular complexity index is 1050. The molecule has 5 nitrogen and oxygen atoms in total. The molecule has 3 aromatic rings. The molecular formula is C18H12F2N4O. The van der Waals surface area contributed by atoms with Gasteiger partial charge in [-0.1, -0.05) is 12.1 Å². The number of anilines is 1. The van der Waals surface area contributed by atoms with E-state index in [0.717, 1.165) is 10.7 Å². The molecule has 0 radical (unpaired) electrons. The molecule has 124 valence electrons. The van der Waals surface area contributed by atoms with Crippen molar-refractivity contribution in [1.29, 1.82) is 0 Å². The van der Waals surface area contributed by atoms with E-state index in [2.05, 4.69) is 10.1 Å². The number of benzene rings is 2. The number of halogens is 2. The first-order valence-electron chi connectivity index (χ1n) is 7.50. The molecule has 0 fully saturated rings. The summed E-state index contributed by atoms with van der Waals surface area (Å²) in [6.45, 7) is 1.66. The van der Waals surface area contributed by atoms with Gasteiger partial charge < -0.3 is 5.73 Å². The van der Waals surface area contributed by atoms with Crippen LogP contribution in [0.4, 0.5) is 19.3 Å². The van der Waals surface area contributed by atoms with Crippen LogP contribution < -0.4 is 5.73 Å². The summed E-state index contributed by atoms with van der Waals surface area (Å²) in [7, 11) is 0. The molecule has 1 aliphatic heterocycles. The smallest absolute Gasteiger partial charge is 0.369 e. The summed E-state index contributed by atoms with van der Waals surface area (Å²) >= 11 is 0. The van der Waals surface area contributed by atoms with Gasteiger partial charge in [-0.25, -0.2) is 13.6 Å². The first-order chi connectivity index (χ1) is 12.0. The van der Waals surface area contributed by atoms with Crippen molar-refractivity contribution in [3.05, 3.63) is 71.1 Å². The fourth-order valence-electron chi connectivity index (χ4n) is 2.94. The summed E-state index contributed by atoms with van der Waals surface area (Å²) in [5.41, 5.74) is 8.73. The fraction of sp³-hybridized carbons (Fsp3) is 0.0556. The molecule has 2 N–H and O–H groups in total. The van der Waals surface area contributed by atoms with Gasteiger partial charge in [-0.15, -0.1) is 0 Å². The number of hydrogen-bond donors (Lipinski definition) is 1. The highest BCUT2D eigenvalue weighted by atomic mass is 19.1. The molecule has 0 saturated heterocycles. The van der Waals surface area contributed by atoms with Gasteiger partial charge in [0.15, 0.2) is 0 Å². The van der Waals surface area contributed by atoms with E-state index in [1.54, 1.807) is 31.2 Å². The van der Waals surface area contributed by atoms with Gasteiger partial charge in [-0.05, 0) is 31.2 Å². The molecule has 0 saturated carbocycles. The van der Waals surface area contributed by atoms with Crippen LogP contribution >= 0.6 is 0 Å². The Hall–Kier alpha value is -3.35. The lowest BCUT2D eigenvalue weighted by Crippen LogP contribution is -2.07. The number of carbonyl (C=O) groups is 1. The van der Waals surface area contributed by atoms with Crippen LogP contribution in [-0.2, 0) is 0 Å². The van der Waals surface area contributed by atoms with Gasteiger partial charge in [0.1, 0.15) is 23.0 Å². The standard InChI is InChI=1S/C18H12F2N4O/c1-9-15(13-7-4-11(19)8-14(13)20)17-16(22-18(25)24(17)23-9)10-2-5-12(21)6-3-10/h2-8H,21H2,1H3. The summed E-state index contributed by atoms with van der Waals surface area (Å²) in [5, 5.41) is 4.17. The molecule has 0 spiro atoms. The number of amides is 1. The van der Waals surface area contributed by atoms with Crippen LogP contribution in [0.3, 0.4) is 0 Å². The second-order valence-electron chi connectivity index (χ2n) is 5.71. The molecule has 2 heterocycles. The van der Waals surface area contributed by atoms with Crippen LogP contribution in [0.25, 0.3) is 11.1 Å². The number of rotatable bonds is 2. The third-order valence-electron chi connectivity index (χ3n) is 4.06. The summed E-state index contributed by atoms with van der Waals surface area (Å²) < 4.78 is 28.7. The zero-order valence-corrected chi connectivity index (χ0v) is 13.1. The van der Waals surface area contributed by atoms with E-state index in [-0.39, 0.29) is 5.56 Å². The van der Waals surface area contributed by atoms with E-state index in [1.807, 2.05) is 0 Å². The van der Waals surface area contributed by atoms with Gasteiger partial charge in [0.2, 0.25) is 0 Å². The molecular weight excluding hydrogens is 326 g/mol. The third kappa shape index (κ3) is 2.32. The number of carbonyl (C=O) groups excluding carboxylic acids is 1. The summed E-state index contributed by atoms with van der Waals surface area (Å²) in [4.78, 5) is 16.2. The normalized spacial score (nSPS) is 13.1. The second kappa shape index (κ2) is 5.34. The summed E-state index contributed by atoms with van der Waals surface area (Å²) in [6.07, 6.45) is 0. The number of nitrogen functional groups attached to an aromatic ring is 1. The van der Waals surface area contributed by atoms with Gasteiger partial charge in [-0.3, -0.25) is 0 Å². The number of aliphatic imine (C=N–C) groups is 1. The monoisotopic (exact) mass is 338 g/mol. The average molecular weight is 338 g/mol. The van der Waals surface area contributed by atoms with Crippen LogP contribution in [0.1, 0.15) is 17.0 Å². The Morgan fingerprint density at radius 2 is 1.80 bits per heavy atom. The van der Waals surface area contributed by atoms with E-state index in [1.165, 1.54) is 12.1 Å². The molecule has 0 aliphatic carbocycles. The van der Waals surface area contributed by atoms with Crippen molar-refractivity contribution in [1.82, 2.24) is 9.78 Å². The molecule has 0 bridgehead atoms. The van der Waals surface area contributed by atoms with E-state index in [9.17, 15) is 13.6 Å². The van der Waals surface area contributed by atoms with Crippen LogP contribution in [0.5, 0.6) is 0 Å². The number of aryl methyl sites for hydroxylation is 1. The van der Waals surface area contributed by atoms with Crippen LogP contribution in [0.15, 0.2) is 47.5 Å². The number of nitrogens with two attached hydrogens (primary N) is 1. The lowest BCUT2D eigenvalue weighted by Gasteiger charge is -2.07. The topological polar surface area (TPSA) is 73.3 Å². The van der Waals surface area contributed by atoms with Crippen LogP contribution in [0, 0.1) is 18.6 Å². The maximum Gasteiger partial charge on any atom is 0.369 e. The third-order valence-corrected chi connectivity index (χ3v) is 4.06. The molecule has 7 heteroatoms. The van der Waals surface area contributed by atoms with Gasteiger partial charge in [0, 0.05) is 28.4 Å². The fourth-order valence-corrected chi connectivity index (χ4v) is 2.94. The molecule has 2 aromatic carbocycles. The second-order valence-corrected chi connectivity index (χ2v) is 5.71. The zero-order valence-electron chi connectivity index (χ0n) is 13.1. The van der Waals surface area contributed by atoms with Gasteiger partial charge in [0.05, 0.1) is 5.69 Å². The van der Waals surface area contributed by atoms with Crippen molar-refractivity contribution >= 4 is 17.4 Å². The Morgan fingerprint density at radius 1 is 1.08 bits per heavy atom. The Balaban J connectivity index is 1.96. The minimum absolute atomic E-state index is 0.165. The summed E-state index contributed by atoms with van der Waals surface area (Å²) in [6, 6.07) is 9.57. The SMILES string of the molecule is Cc1nn2c(c1-c1ccc(F)cc1F)C(c1ccc(N)cc1)=NC2=O. The Labute approximate surface area is 141 Å². The predicted molar refractivity (Wildman–Crippen MR) is 89.6 cm³/mol. The number of aromatic nitrogens is 2. The van der Waals surface area contributed by atoms with Crippen molar-refractivity contribution in [2.75, 3.05) is 5.73 Å². The highest BCUT2D eigenvalue weighted by molar-refractivity contribution is 6.23. The van der Waals surface area contributed by atoms with E-state index in [4.69, 9.17) is 5.73 Å². The number of nitrogens with zero attached hydrogens (tertiary/aromatic N) is 3. The molecule has 1 aromatic heterocycles. The minimum Gasteiger partial charge on any atom is -0.399 e. The number of fused-ring (bicyclic) bond motifs is 1. The highest BCUT2D eigenvalue weighted by Gasteiger charge is 2.32. The first kappa shape index (κ1) is 15.2. The lowest BCUT2D eigenvalue weighted by molar-refractivity contribution is 0.249. The molecule has 0 atom stereocenters. The maximum atomic E-state index is 14.3. The number of hydrogen-bond acceptors (Lipinski definition) is 3. The van der Waals surface area contributed by atoms with Gasteiger partial charge in [0.25, 0.3) is 0 Å². The van der Waals surface area contributed by atoms with E-state index >= 15 is 0 Å². The Kier molecular flexibility index (Phi) is 3.24. The molecule has 1 amide bonds. The highest BCUT2D eigenvalue weighted by Crippen LogP contribution is 2.34. The van der Waals surface area contributed by atoms with Crippen molar-refractivity contribution in [2.45, 2.75) is 6.92 Å². The van der Waals surface area contributed by atoms with E-state index in [0.29, 0.717) is 33.9 Å². The zero-order chi connectivity index (χ0) is 17.7. The first-order valence-corrected chi connectivity index (χ1v) is 7.50. The Morgan fingerprint density at radius 3 is 2.48 bits per heavy atom. The average Bonchev–Trinajstić information content (AvgIpc) is 3.06. The lowest BCUT2D eigenvalue weighted by atomic mass is 9.97. The maximum absolute atomic E-state index is 14.3. The van der Waals surface area contributed by atoms with Crippen LogP contribution in [0.2, 0.25) is 0 Å². The largest absolute Gasteiger partial charge is 0.399 e. The van der Waals surface area contributed by atoms with Gasteiger partial charge >= 0.3 is 6.03 Å². The van der Waals surface area contributed by atoms with Gasteiger partial charge in [-0.2, -0.15) is 14.8 Å². The molecule has 1 aliphatic rings. The van der Waals surface area contributed by atoms with Crippen molar-refractivity contribution < 1.29 is 13.6 Å². The predicted octanol–water partition coefficient (Wildman–Crippen LogP) is 3.54. The molecule has 0 unspecified atom stereocenters. The quantitative estimate of drug-likeness (QED) is 0.726. The van der Waals surface area contributed by atoms with Crippen molar-refractivity contribution in [3.8, 4) is 11.1 Å².